The first-order chi connectivity index (χ1) is 11.5. The number of rotatable bonds is 4. The largest absolute Gasteiger partial charge is 0.337 e. The fraction of sp³-hybridized carbons (Fsp3) is 0.444. The van der Waals surface area contributed by atoms with Gasteiger partial charge in [-0.25, -0.2) is 0 Å². The summed E-state index contributed by atoms with van der Waals surface area (Å²) in [6.45, 7) is 6.40. The van der Waals surface area contributed by atoms with Gasteiger partial charge in [-0.05, 0) is 44.5 Å². The number of aromatic nitrogens is 2. The molecule has 2 aromatic rings. The number of aryl methyl sites for hydroxylation is 1. The first kappa shape index (κ1) is 17.2. The topological polar surface area (TPSA) is 50.2 Å². The monoisotopic (exact) mass is 390 g/mol. The van der Waals surface area contributed by atoms with Crippen molar-refractivity contribution < 1.29 is 4.79 Å². The number of carbonyl (C=O) groups is 1. The molecule has 1 aliphatic rings. The van der Waals surface area contributed by atoms with Crippen molar-refractivity contribution in [2.45, 2.75) is 32.9 Å². The Balaban J connectivity index is 1.84. The molecule has 1 aromatic heterocycles. The predicted octanol–water partition coefficient (Wildman–Crippen LogP) is 2.74. The number of halogens is 1. The Morgan fingerprint density at radius 3 is 2.92 bits per heavy atom. The van der Waals surface area contributed by atoms with Crippen molar-refractivity contribution in [3.63, 3.8) is 0 Å². The highest BCUT2D eigenvalue weighted by molar-refractivity contribution is 9.10. The van der Waals surface area contributed by atoms with Gasteiger partial charge in [0, 0.05) is 29.8 Å². The van der Waals surface area contributed by atoms with Crippen LogP contribution in [0.15, 0.2) is 28.7 Å². The van der Waals surface area contributed by atoms with Crippen LogP contribution in [0.1, 0.15) is 33.7 Å². The van der Waals surface area contributed by atoms with Gasteiger partial charge in [0.15, 0.2) is 0 Å². The van der Waals surface area contributed by atoms with Crippen molar-refractivity contribution in [3.8, 4) is 0 Å². The molecular formula is C18H23BrN4O. The average Bonchev–Trinajstić information content (AvgIpc) is 3.16. The quantitative estimate of drug-likeness (QED) is 0.872. The van der Waals surface area contributed by atoms with Crippen LogP contribution in [-0.4, -0.2) is 46.8 Å². The Kier molecular flexibility index (Phi) is 5.06. The maximum absolute atomic E-state index is 12.9. The number of hydrogen-bond acceptors (Lipinski definition) is 3. The van der Waals surface area contributed by atoms with Crippen LogP contribution in [0.5, 0.6) is 0 Å². The second-order valence-electron chi connectivity index (χ2n) is 6.40. The summed E-state index contributed by atoms with van der Waals surface area (Å²) in [6, 6.07) is 8.43. The van der Waals surface area contributed by atoms with Gasteiger partial charge in [-0.15, -0.1) is 0 Å². The molecule has 1 amide bonds. The lowest BCUT2D eigenvalue weighted by Gasteiger charge is -2.24. The molecule has 1 atom stereocenters. The van der Waals surface area contributed by atoms with E-state index in [0.29, 0.717) is 6.54 Å². The van der Waals surface area contributed by atoms with Crippen molar-refractivity contribution in [1.29, 1.82) is 0 Å². The number of hydrogen-bond donors (Lipinski definition) is 1. The molecule has 0 spiro atoms. The minimum atomic E-state index is 0.0687. The smallest absolute Gasteiger partial charge is 0.257 e. The van der Waals surface area contributed by atoms with Gasteiger partial charge in [-0.3, -0.25) is 9.48 Å². The molecule has 0 radical (unpaired) electrons. The minimum absolute atomic E-state index is 0.0687. The van der Waals surface area contributed by atoms with Crippen LogP contribution >= 0.6 is 15.9 Å². The first-order valence-electron chi connectivity index (χ1n) is 8.23. The summed E-state index contributed by atoms with van der Waals surface area (Å²) in [7, 11) is 1.89. The zero-order valence-corrected chi connectivity index (χ0v) is 15.9. The summed E-state index contributed by atoms with van der Waals surface area (Å²) < 4.78 is 2.97. The third-order valence-electron chi connectivity index (χ3n) is 4.72. The van der Waals surface area contributed by atoms with Crippen LogP contribution in [0.2, 0.25) is 0 Å². The van der Waals surface area contributed by atoms with Crippen molar-refractivity contribution in [2.24, 2.45) is 0 Å². The molecule has 0 unspecified atom stereocenters. The number of nitrogens with zero attached hydrogens (tertiary/aromatic N) is 3. The van der Waals surface area contributed by atoms with Crippen molar-refractivity contribution in [1.82, 2.24) is 20.0 Å². The summed E-state index contributed by atoms with van der Waals surface area (Å²) in [6.07, 6.45) is 1.01. The lowest BCUT2D eigenvalue weighted by atomic mass is 10.1. The zero-order chi connectivity index (χ0) is 17.3. The minimum Gasteiger partial charge on any atom is -0.337 e. The molecule has 1 N–H and O–H groups in total. The third-order valence-corrected chi connectivity index (χ3v) is 5.21. The predicted molar refractivity (Wildman–Crippen MR) is 98.3 cm³/mol. The van der Waals surface area contributed by atoms with Gasteiger partial charge in [-0.2, -0.15) is 5.10 Å². The van der Waals surface area contributed by atoms with Crippen molar-refractivity contribution in [2.75, 3.05) is 20.1 Å². The summed E-state index contributed by atoms with van der Waals surface area (Å²) in [5, 5.41) is 7.92. The fourth-order valence-electron chi connectivity index (χ4n) is 3.28. The van der Waals surface area contributed by atoms with Crippen LogP contribution in [0.3, 0.4) is 0 Å². The second-order valence-corrected chi connectivity index (χ2v) is 7.31. The van der Waals surface area contributed by atoms with Gasteiger partial charge in [0.2, 0.25) is 0 Å². The Morgan fingerprint density at radius 2 is 2.25 bits per heavy atom. The molecule has 24 heavy (non-hydrogen) atoms. The van der Waals surface area contributed by atoms with E-state index < -0.39 is 0 Å². The fourth-order valence-corrected chi connectivity index (χ4v) is 3.73. The molecule has 2 heterocycles. The molecule has 128 valence electrons. The molecule has 1 saturated heterocycles. The summed E-state index contributed by atoms with van der Waals surface area (Å²) >= 11 is 3.50. The van der Waals surface area contributed by atoms with Crippen LogP contribution < -0.4 is 5.32 Å². The second kappa shape index (κ2) is 7.07. The maximum Gasteiger partial charge on any atom is 0.257 e. The summed E-state index contributed by atoms with van der Waals surface area (Å²) in [4.78, 5) is 14.8. The van der Waals surface area contributed by atoms with E-state index in [1.165, 1.54) is 0 Å². The summed E-state index contributed by atoms with van der Waals surface area (Å²) in [5.41, 5.74) is 3.61. The van der Waals surface area contributed by atoms with E-state index in [1.807, 2.05) is 42.6 Å². The van der Waals surface area contributed by atoms with Crippen molar-refractivity contribution in [3.05, 3.63) is 51.3 Å². The number of benzene rings is 1. The highest BCUT2D eigenvalue weighted by atomic mass is 79.9. The van der Waals surface area contributed by atoms with Gasteiger partial charge >= 0.3 is 0 Å². The molecule has 3 rings (SSSR count). The average molecular weight is 391 g/mol. The molecule has 0 bridgehead atoms. The van der Waals surface area contributed by atoms with Gasteiger partial charge in [-0.1, -0.05) is 28.1 Å². The molecule has 0 aliphatic carbocycles. The van der Waals surface area contributed by atoms with E-state index in [1.54, 1.807) is 0 Å². The molecule has 6 heteroatoms. The van der Waals surface area contributed by atoms with Gasteiger partial charge < -0.3 is 10.2 Å². The Hall–Kier alpha value is -1.66. The lowest BCUT2D eigenvalue weighted by molar-refractivity contribution is 0.0742. The number of amides is 1. The third kappa shape index (κ3) is 3.39. The lowest BCUT2D eigenvalue weighted by Crippen LogP contribution is -2.38. The number of likely N-dealkylation sites (N-methyl/N-ethyl adjacent to an activating group) is 1. The van der Waals surface area contributed by atoms with Crippen molar-refractivity contribution >= 4 is 21.8 Å². The Morgan fingerprint density at radius 1 is 1.46 bits per heavy atom. The van der Waals surface area contributed by atoms with Gasteiger partial charge in [0.05, 0.1) is 17.8 Å². The van der Waals surface area contributed by atoms with E-state index in [-0.39, 0.29) is 11.9 Å². The molecule has 1 aromatic carbocycles. The normalized spacial score (nSPS) is 17.2. The molecule has 0 saturated carbocycles. The molecular weight excluding hydrogens is 368 g/mol. The van der Waals surface area contributed by atoms with Crippen LogP contribution in [0.25, 0.3) is 0 Å². The Labute approximate surface area is 151 Å². The highest BCUT2D eigenvalue weighted by Crippen LogP contribution is 2.20. The Bertz CT molecular complexity index is 749. The van der Waals surface area contributed by atoms with E-state index in [0.717, 1.165) is 46.5 Å². The van der Waals surface area contributed by atoms with Crippen LogP contribution in [-0.2, 0) is 6.54 Å². The van der Waals surface area contributed by atoms with Gasteiger partial charge in [0.1, 0.15) is 0 Å². The number of nitrogens with one attached hydrogen (secondary N) is 1. The standard InChI is InChI=1S/C18H23BrN4O/c1-12-17(18(24)22(3)16-7-8-20-10-16)13(2)23(21-12)11-14-5-4-6-15(19)9-14/h4-6,9,16,20H,7-8,10-11H2,1-3H3/t16-/m1/s1. The zero-order valence-electron chi connectivity index (χ0n) is 14.3. The first-order valence-corrected chi connectivity index (χ1v) is 9.03. The summed E-state index contributed by atoms with van der Waals surface area (Å²) in [5.74, 6) is 0.0687. The molecule has 1 aliphatic heterocycles. The highest BCUT2D eigenvalue weighted by Gasteiger charge is 2.28. The molecule has 1 fully saturated rings. The van der Waals surface area contributed by atoms with E-state index in [2.05, 4.69) is 38.5 Å². The van der Waals surface area contributed by atoms with E-state index >= 15 is 0 Å². The SMILES string of the molecule is Cc1nn(Cc2cccc(Br)c2)c(C)c1C(=O)N(C)[C@@H]1CCNC1. The van der Waals surface area contributed by atoms with E-state index in [4.69, 9.17) is 0 Å². The van der Waals surface area contributed by atoms with Gasteiger partial charge in [0.25, 0.3) is 5.91 Å². The van der Waals surface area contributed by atoms with E-state index in [9.17, 15) is 4.79 Å². The van der Waals surface area contributed by atoms with Crippen LogP contribution in [0, 0.1) is 13.8 Å². The maximum atomic E-state index is 12.9. The number of carbonyl (C=O) groups excluding carboxylic acids is 1. The van der Waals surface area contributed by atoms with Crippen LogP contribution in [0.4, 0.5) is 0 Å². The molecule has 5 nitrogen and oxygen atoms in total.